The highest BCUT2D eigenvalue weighted by Crippen LogP contribution is 2.27. The van der Waals surface area contributed by atoms with Crippen LogP contribution in [0.5, 0.6) is 11.6 Å². The Hall–Kier alpha value is -2.54. The first kappa shape index (κ1) is 19.2. The van der Waals surface area contributed by atoms with E-state index in [1.807, 2.05) is 0 Å². The third-order valence-corrected chi connectivity index (χ3v) is 4.95. The van der Waals surface area contributed by atoms with Crippen LogP contribution in [0.4, 0.5) is 5.82 Å². The Bertz CT molecular complexity index is 794. The van der Waals surface area contributed by atoms with Gasteiger partial charge in [0.1, 0.15) is 5.75 Å². The molecule has 144 valence electrons. The molecular formula is C19H23ClN4O3. The molecule has 1 aliphatic heterocycles. The average Bonchev–Trinajstić information content (AvgIpc) is 2.72. The molecule has 1 aliphatic rings. The van der Waals surface area contributed by atoms with E-state index in [1.54, 1.807) is 37.7 Å². The molecule has 3 rings (SSSR count). The van der Waals surface area contributed by atoms with E-state index in [9.17, 15) is 4.79 Å². The number of carbonyl (C=O) groups excluding carboxylic acids is 1. The predicted octanol–water partition coefficient (Wildman–Crippen LogP) is 2.79. The molecule has 27 heavy (non-hydrogen) atoms. The molecule has 8 heteroatoms. The lowest BCUT2D eigenvalue weighted by Gasteiger charge is -2.33. The van der Waals surface area contributed by atoms with Crippen LogP contribution in [0.1, 0.15) is 23.2 Å². The maximum atomic E-state index is 12.5. The van der Waals surface area contributed by atoms with Crippen molar-refractivity contribution in [3.05, 3.63) is 41.2 Å². The first-order chi connectivity index (χ1) is 13.1. The molecule has 0 saturated carbocycles. The van der Waals surface area contributed by atoms with Gasteiger partial charge in [-0.3, -0.25) is 4.79 Å². The monoisotopic (exact) mass is 390 g/mol. The second-order valence-corrected chi connectivity index (χ2v) is 6.81. The molecule has 1 N–H and O–H groups in total. The van der Waals surface area contributed by atoms with Crippen molar-refractivity contribution < 1.29 is 14.3 Å². The van der Waals surface area contributed by atoms with E-state index in [0.717, 1.165) is 31.7 Å². The van der Waals surface area contributed by atoms with Gasteiger partial charge in [-0.25, -0.2) is 9.97 Å². The number of amides is 1. The van der Waals surface area contributed by atoms with Gasteiger partial charge >= 0.3 is 0 Å². The molecule has 0 bridgehead atoms. The number of hydrogen-bond donors (Lipinski definition) is 1. The Morgan fingerprint density at radius 2 is 1.96 bits per heavy atom. The zero-order valence-corrected chi connectivity index (χ0v) is 16.2. The van der Waals surface area contributed by atoms with E-state index in [2.05, 4.69) is 20.2 Å². The molecule has 7 nitrogen and oxygen atoms in total. The summed E-state index contributed by atoms with van der Waals surface area (Å²) in [6.07, 6.45) is 5.19. The first-order valence-electron chi connectivity index (χ1n) is 8.84. The SMILES string of the molecule is COc1ccc(Cl)cc1C(=O)NCC1CCN(c2nccnc2OC)CC1. The molecule has 2 heterocycles. The van der Waals surface area contributed by atoms with E-state index >= 15 is 0 Å². The summed E-state index contributed by atoms with van der Waals surface area (Å²) < 4.78 is 10.5. The summed E-state index contributed by atoms with van der Waals surface area (Å²) in [6, 6.07) is 5.02. The zero-order chi connectivity index (χ0) is 19.2. The van der Waals surface area contributed by atoms with Crippen molar-refractivity contribution in [2.24, 2.45) is 5.92 Å². The van der Waals surface area contributed by atoms with Crippen molar-refractivity contribution >= 4 is 23.3 Å². The third kappa shape index (κ3) is 4.60. The Morgan fingerprint density at radius 3 is 2.67 bits per heavy atom. The molecule has 2 aromatic rings. The number of carbonyl (C=O) groups is 1. The summed E-state index contributed by atoms with van der Waals surface area (Å²) >= 11 is 6.00. The number of ether oxygens (including phenoxy) is 2. The minimum atomic E-state index is -0.174. The predicted molar refractivity (Wildman–Crippen MR) is 104 cm³/mol. The van der Waals surface area contributed by atoms with Gasteiger partial charge in [0, 0.05) is 37.1 Å². The highest BCUT2D eigenvalue weighted by molar-refractivity contribution is 6.31. The number of nitrogens with zero attached hydrogens (tertiary/aromatic N) is 3. The fourth-order valence-corrected chi connectivity index (χ4v) is 3.39. The van der Waals surface area contributed by atoms with Gasteiger partial charge in [-0.15, -0.1) is 0 Å². The molecule has 1 amide bonds. The second kappa shape index (κ2) is 8.90. The van der Waals surface area contributed by atoms with Crippen molar-refractivity contribution in [3.8, 4) is 11.6 Å². The summed E-state index contributed by atoms with van der Waals surface area (Å²) in [7, 11) is 3.14. The summed E-state index contributed by atoms with van der Waals surface area (Å²) in [5.41, 5.74) is 0.451. The maximum absolute atomic E-state index is 12.5. The topological polar surface area (TPSA) is 76.6 Å². The van der Waals surface area contributed by atoms with Crippen molar-refractivity contribution in [3.63, 3.8) is 0 Å². The zero-order valence-electron chi connectivity index (χ0n) is 15.4. The van der Waals surface area contributed by atoms with Crippen LogP contribution in [0.25, 0.3) is 0 Å². The molecule has 1 fully saturated rings. The van der Waals surface area contributed by atoms with Crippen LogP contribution >= 0.6 is 11.6 Å². The van der Waals surface area contributed by atoms with Crippen molar-refractivity contribution in [1.82, 2.24) is 15.3 Å². The van der Waals surface area contributed by atoms with Gasteiger partial charge in [0.15, 0.2) is 5.82 Å². The molecular weight excluding hydrogens is 368 g/mol. The number of methoxy groups -OCH3 is 2. The Morgan fingerprint density at radius 1 is 1.22 bits per heavy atom. The van der Waals surface area contributed by atoms with Crippen LogP contribution in [0.2, 0.25) is 5.02 Å². The van der Waals surface area contributed by atoms with E-state index in [1.165, 1.54) is 7.11 Å². The maximum Gasteiger partial charge on any atom is 0.257 e. The van der Waals surface area contributed by atoms with Gasteiger partial charge in [-0.05, 0) is 37.0 Å². The molecule has 1 aromatic carbocycles. The van der Waals surface area contributed by atoms with Crippen LogP contribution in [0, 0.1) is 5.92 Å². The quantitative estimate of drug-likeness (QED) is 0.817. The Balaban J connectivity index is 1.54. The largest absolute Gasteiger partial charge is 0.496 e. The highest BCUT2D eigenvalue weighted by atomic mass is 35.5. The van der Waals surface area contributed by atoms with E-state index < -0.39 is 0 Å². The summed E-state index contributed by atoms with van der Waals surface area (Å²) in [5, 5.41) is 3.51. The number of piperidine rings is 1. The minimum Gasteiger partial charge on any atom is -0.496 e. The number of aromatic nitrogens is 2. The summed E-state index contributed by atoms with van der Waals surface area (Å²) in [4.78, 5) is 23.2. The lowest BCUT2D eigenvalue weighted by Crippen LogP contribution is -2.39. The number of nitrogens with one attached hydrogen (secondary N) is 1. The van der Waals surface area contributed by atoms with E-state index in [4.69, 9.17) is 21.1 Å². The molecule has 0 radical (unpaired) electrons. The standard InChI is InChI=1S/C19H23ClN4O3/c1-26-16-4-3-14(20)11-15(16)18(25)23-12-13-5-9-24(10-6-13)17-19(27-2)22-8-7-21-17/h3-4,7-8,11,13H,5-6,9-10,12H2,1-2H3,(H,23,25). The molecule has 0 unspecified atom stereocenters. The Kier molecular flexibility index (Phi) is 6.34. The number of halogens is 1. The number of anilines is 1. The van der Waals surface area contributed by atoms with Crippen molar-refractivity contribution in [1.29, 1.82) is 0 Å². The third-order valence-electron chi connectivity index (χ3n) is 4.71. The van der Waals surface area contributed by atoms with Gasteiger partial charge in [0.2, 0.25) is 0 Å². The van der Waals surface area contributed by atoms with Gasteiger partial charge in [-0.1, -0.05) is 11.6 Å². The molecule has 1 saturated heterocycles. The number of rotatable bonds is 6. The fraction of sp³-hybridized carbons (Fsp3) is 0.421. The molecule has 0 aliphatic carbocycles. The summed E-state index contributed by atoms with van der Waals surface area (Å²) in [6.45, 7) is 2.30. The number of benzene rings is 1. The fourth-order valence-electron chi connectivity index (χ4n) is 3.22. The smallest absolute Gasteiger partial charge is 0.257 e. The van der Waals surface area contributed by atoms with Gasteiger partial charge in [0.05, 0.1) is 19.8 Å². The normalized spacial score (nSPS) is 14.7. The highest BCUT2D eigenvalue weighted by Gasteiger charge is 2.23. The molecule has 1 aromatic heterocycles. The van der Waals surface area contributed by atoms with Gasteiger partial charge < -0.3 is 19.7 Å². The van der Waals surface area contributed by atoms with Gasteiger partial charge in [0.25, 0.3) is 11.8 Å². The first-order valence-corrected chi connectivity index (χ1v) is 9.22. The minimum absolute atomic E-state index is 0.174. The lowest BCUT2D eigenvalue weighted by molar-refractivity contribution is 0.0942. The van der Waals surface area contributed by atoms with Crippen LogP contribution in [0.3, 0.4) is 0 Å². The second-order valence-electron chi connectivity index (χ2n) is 6.37. The lowest BCUT2D eigenvalue weighted by atomic mass is 9.96. The van der Waals surface area contributed by atoms with E-state index in [0.29, 0.717) is 34.7 Å². The number of hydrogen-bond acceptors (Lipinski definition) is 6. The van der Waals surface area contributed by atoms with Crippen molar-refractivity contribution in [2.75, 3.05) is 38.8 Å². The molecule has 0 atom stereocenters. The average molecular weight is 391 g/mol. The van der Waals surface area contributed by atoms with Crippen LogP contribution in [-0.2, 0) is 0 Å². The van der Waals surface area contributed by atoms with E-state index in [-0.39, 0.29) is 5.91 Å². The van der Waals surface area contributed by atoms with Crippen LogP contribution in [-0.4, -0.2) is 49.7 Å². The molecule has 0 spiro atoms. The van der Waals surface area contributed by atoms with Crippen LogP contribution in [0.15, 0.2) is 30.6 Å². The van der Waals surface area contributed by atoms with Crippen LogP contribution < -0.4 is 19.7 Å². The van der Waals surface area contributed by atoms with Gasteiger partial charge in [-0.2, -0.15) is 0 Å². The summed E-state index contributed by atoms with van der Waals surface area (Å²) in [5.74, 6) is 2.05. The Labute approximate surface area is 163 Å². The van der Waals surface area contributed by atoms with Crippen molar-refractivity contribution in [2.45, 2.75) is 12.8 Å².